The molecule has 0 spiro atoms. The number of carbonyl (C=O) groups is 1. The number of carbonyl (C=O) groups excluding carboxylic acids is 1. The lowest BCUT2D eigenvalue weighted by Gasteiger charge is -2.39. The van der Waals surface area contributed by atoms with Crippen molar-refractivity contribution in [2.24, 2.45) is 11.8 Å². The van der Waals surface area contributed by atoms with E-state index in [0.717, 1.165) is 19.5 Å². The SMILES string of the molecule is CCOC(=O)N1CC=CC(C)C1C1CCNC1. The molecule has 0 aromatic rings. The second-order valence-corrected chi connectivity index (χ2v) is 4.88. The first-order chi connectivity index (χ1) is 8.24. The summed E-state index contributed by atoms with van der Waals surface area (Å²) in [5, 5.41) is 3.38. The number of nitrogens with zero attached hydrogens (tertiary/aromatic N) is 1. The average Bonchev–Trinajstić information content (AvgIpc) is 2.82. The summed E-state index contributed by atoms with van der Waals surface area (Å²) in [6.45, 7) is 7.25. The zero-order chi connectivity index (χ0) is 12.3. The van der Waals surface area contributed by atoms with E-state index >= 15 is 0 Å². The minimum atomic E-state index is -0.166. The summed E-state index contributed by atoms with van der Waals surface area (Å²) in [5.74, 6) is 0.970. The molecule has 1 amide bonds. The van der Waals surface area contributed by atoms with E-state index in [4.69, 9.17) is 4.74 Å². The Balaban J connectivity index is 2.11. The Bertz CT molecular complexity index is 298. The lowest BCUT2D eigenvalue weighted by molar-refractivity contribution is 0.0687. The summed E-state index contributed by atoms with van der Waals surface area (Å²) in [5.41, 5.74) is 0. The van der Waals surface area contributed by atoms with E-state index in [1.54, 1.807) is 0 Å². The molecule has 96 valence electrons. The molecular weight excluding hydrogens is 216 g/mol. The fourth-order valence-corrected chi connectivity index (χ4v) is 2.96. The van der Waals surface area contributed by atoms with Crippen molar-refractivity contribution < 1.29 is 9.53 Å². The lowest BCUT2D eigenvalue weighted by Crippen LogP contribution is -2.50. The van der Waals surface area contributed by atoms with Crippen LogP contribution in [0.1, 0.15) is 20.3 Å². The van der Waals surface area contributed by atoms with Crippen LogP contribution in [0.4, 0.5) is 4.79 Å². The summed E-state index contributed by atoms with van der Waals surface area (Å²) < 4.78 is 5.15. The third kappa shape index (κ3) is 2.63. The van der Waals surface area contributed by atoms with E-state index in [1.165, 1.54) is 0 Å². The Kier molecular flexibility index (Phi) is 4.05. The molecule has 1 N–H and O–H groups in total. The molecule has 0 aromatic carbocycles. The zero-order valence-electron chi connectivity index (χ0n) is 10.7. The number of hydrogen-bond donors (Lipinski definition) is 1. The highest BCUT2D eigenvalue weighted by atomic mass is 16.6. The van der Waals surface area contributed by atoms with Crippen molar-refractivity contribution >= 4 is 6.09 Å². The van der Waals surface area contributed by atoms with Crippen LogP contribution in [0.2, 0.25) is 0 Å². The van der Waals surface area contributed by atoms with E-state index in [2.05, 4.69) is 24.4 Å². The van der Waals surface area contributed by atoms with Gasteiger partial charge in [-0.15, -0.1) is 0 Å². The molecule has 17 heavy (non-hydrogen) atoms. The molecular formula is C13H22N2O2. The van der Waals surface area contributed by atoms with Crippen LogP contribution in [0, 0.1) is 11.8 Å². The molecule has 2 heterocycles. The normalized spacial score (nSPS) is 32.8. The van der Waals surface area contributed by atoms with Gasteiger partial charge >= 0.3 is 6.09 Å². The van der Waals surface area contributed by atoms with Crippen LogP contribution in [0.15, 0.2) is 12.2 Å². The maximum absolute atomic E-state index is 12.0. The van der Waals surface area contributed by atoms with Gasteiger partial charge in [-0.3, -0.25) is 0 Å². The summed E-state index contributed by atoms with van der Waals surface area (Å²) in [7, 11) is 0. The van der Waals surface area contributed by atoms with Crippen molar-refractivity contribution in [2.75, 3.05) is 26.2 Å². The summed E-state index contributed by atoms with van der Waals surface area (Å²) >= 11 is 0. The minimum absolute atomic E-state index is 0.166. The highest BCUT2D eigenvalue weighted by Gasteiger charge is 2.37. The molecule has 0 aliphatic carbocycles. The monoisotopic (exact) mass is 238 g/mol. The van der Waals surface area contributed by atoms with Gasteiger partial charge in [0, 0.05) is 12.6 Å². The summed E-state index contributed by atoms with van der Waals surface area (Å²) in [6.07, 6.45) is 5.28. The highest BCUT2D eigenvalue weighted by molar-refractivity contribution is 5.68. The predicted molar refractivity (Wildman–Crippen MR) is 66.8 cm³/mol. The van der Waals surface area contributed by atoms with Crippen LogP contribution in [-0.2, 0) is 4.74 Å². The summed E-state index contributed by atoms with van der Waals surface area (Å²) in [4.78, 5) is 13.9. The van der Waals surface area contributed by atoms with Crippen molar-refractivity contribution in [1.82, 2.24) is 10.2 Å². The van der Waals surface area contributed by atoms with Crippen LogP contribution in [0.5, 0.6) is 0 Å². The molecule has 3 atom stereocenters. The van der Waals surface area contributed by atoms with Crippen LogP contribution in [0.25, 0.3) is 0 Å². The first kappa shape index (κ1) is 12.4. The van der Waals surface area contributed by atoms with E-state index in [1.807, 2.05) is 11.8 Å². The van der Waals surface area contributed by atoms with Gasteiger partial charge in [-0.2, -0.15) is 0 Å². The molecule has 2 rings (SSSR count). The lowest BCUT2D eigenvalue weighted by atomic mass is 9.85. The van der Waals surface area contributed by atoms with Crippen molar-refractivity contribution in [3.8, 4) is 0 Å². The topological polar surface area (TPSA) is 41.6 Å². The molecule has 0 radical (unpaired) electrons. The molecule has 0 saturated carbocycles. The average molecular weight is 238 g/mol. The Hall–Kier alpha value is -1.03. The van der Waals surface area contributed by atoms with Gasteiger partial charge in [0.15, 0.2) is 0 Å². The van der Waals surface area contributed by atoms with Crippen LogP contribution < -0.4 is 5.32 Å². The maximum Gasteiger partial charge on any atom is 0.410 e. The molecule has 1 fully saturated rings. The standard InChI is InChI=1S/C13H22N2O2/c1-3-17-13(16)15-8-4-5-10(2)12(15)11-6-7-14-9-11/h4-5,10-12,14H,3,6-9H2,1-2H3. The van der Waals surface area contributed by atoms with Gasteiger partial charge in [0.25, 0.3) is 0 Å². The Labute approximate surface area is 103 Å². The first-order valence-electron chi connectivity index (χ1n) is 6.54. The van der Waals surface area contributed by atoms with Gasteiger partial charge in [0.05, 0.1) is 6.61 Å². The highest BCUT2D eigenvalue weighted by Crippen LogP contribution is 2.28. The minimum Gasteiger partial charge on any atom is -0.450 e. The fourth-order valence-electron chi connectivity index (χ4n) is 2.96. The predicted octanol–water partition coefficient (Wildman–Crippen LogP) is 1.63. The van der Waals surface area contributed by atoms with Crippen LogP contribution in [-0.4, -0.2) is 43.3 Å². The molecule has 4 heteroatoms. The molecule has 0 aromatic heterocycles. The van der Waals surface area contributed by atoms with Gasteiger partial charge in [-0.1, -0.05) is 19.1 Å². The van der Waals surface area contributed by atoms with Crippen LogP contribution >= 0.6 is 0 Å². The quantitative estimate of drug-likeness (QED) is 0.743. The van der Waals surface area contributed by atoms with E-state index < -0.39 is 0 Å². The Morgan fingerprint density at radius 3 is 3.06 bits per heavy atom. The van der Waals surface area contributed by atoms with Gasteiger partial charge in [-0.05, 0) is 38.3 Å². The fraction of sp³-hybridized carbons (Fsp3) is 0.769. The number of ether oxygens (including phenoxy) is 1. The molecule has 0 bridgehead atoms. The maximum atomic E-state index is 12.0. The van der Waals surface area contributed by atoms with Gasteiger partial charge < -0.3 is 15.0 Å². The Morgan fingerprint density at radius 1 is 1.59 bits per heavy atom. The third-order valence-corrected chi connectivity index (χ3v) is 3.72. The zero-order valence-corrected chi connectivity index (χ0v) is 10.7. The van der Waals surface area contributed by atoms with Crippen LogP contribution in [0.3, 0.4) is 0 Å². The first-order valence-corrected chi connectivity index (χ1v) is 6.54. The number of rotatable bonds is 2. The molecule has 2 aliphatic rings. The van der Waals surface area contributed by atoms with Crippen molar-refractivity contribution in [3.63, 3.8) is 0 Å². The summed E-state index contributed by atoms with van der Waals surface area (Å²) in [6, 6.07) is 0.286. The molecule has 4 nitrogen and oxygen atoms in total. The second-order valence-electron chi connectivity index (χ2n) is 4.88. The Morgan fingerprint density at radius 2 is 2.41 bits per heavy atom. The number of nitrogens with one attached hydrogen (secondary N) is 1. The molecule has 3 unspecified atom stereocenters. The van der Waals surface area contributed by atoms with E-state index in [0.29, 0.717) is 25.0 Å². The van der Waals surface area contributed by atoms with E-state index in [-0.39, 0.29) is 12.1 Å². The second kappa shape index (κ2) is 5.54. The van der Waals surface area contributed by atoms with Gasteiger partial charge in [-0.25, -0.2) is 4.79 Å². The van der Waals surface area contributed by atoms with Crippen molar-refractivity contribution in [2.45, 2.75) is 26.3 Å². The van der Waals surface area contributed by atoms with Crippen molar-refractivity contribution in [1.29, 1.82) is 0 Å². The van der Waals surface area contributed by atoms with Crippen molar-refractivity contribution in [3.05, 3.63) is 12.2 Å². The molecule has 1 saturated heterocycles. The third-order valence-electron chi connectivity index (χ3n) is 3.72. The number of amides is 1. The van der Waals surface area contributed by atoms with Gasteiger partial charge in [0.1, 0.15) is 0 Å². The number of hydrogen-bond acceptors (Lipinski definition) is 3. The molecule has 2 aliphatic heterocycles. The van der Waals surface area contributed by atoms with E-state index in [9.17, 15) is 4.79 Å². The van der Waals surface area contributed by atoms with Gasteiger partial charge in [0.2, 0.25) is 0 Å². The largest absolute Gasteiger partial charge is 0.450 e. The smallest absolute Gasteiger partial charge is 0.410 e.